The van der Waals surface area contributed by atoms with Crippen molar-refractivity contribution in [2.45, 2.75) is 18.6 Å². The van der Waals surface area contributed by atoms with Crippen LogP contribution in [0.15, 0.2) is 40.9 Å². The van der Waals surface area contributed by atoms with E-state index in [1.165, 1.54) is 12.1 Å². The summed E-state index contributed by atoms with van der Waals surface area (Å²) in [5.41, 5.74) is 1.51. The number of fused-ring (bicyclic) bond motifs is 1. The highest BCUT2D eigenvalue weighted by Gasteiger charge is 2.28. The third-order valence-corrected chi connectivity index (χ3v) is 4.14. The number of rotatable bonds is 1. The quantitative estimate of drug-likeness (QED) is 0.794. The van der Waals surface area contributed by atoms with E-state index in [4.69, 9.17) is 16.3 Å². The van der Waals surface area contributed by atoms with Crippen molar-refractivity contribution < 1.29 is 14.2 Å². The summed E-state index contributed by atoms with van der Waals surface area (Å²) in [5, 5.41) is 10.3. The standard InChI is InChI=1S/C15H11BrClFO2/c16-9-2-4-14-10(6-9)13(19)7-15(20-14)8-1-3-12(18)11(17)5-8/h1-6,13,15,19H,7H2. The van der Waals surface area contributed by atoms with Crippen LogP contribution in [0.2, 0.25) is 5.02 Å². The highest BCUT2D eigenvalue weighted by Crippen LogP contribution is 2.42. The molecule has 3 rings (SSSR count). The molecular formula is C15H11BrClFO2. The molecule has 1 aliphatic heterocycles. The maximum Gasteiger partial charge on any atom is 0.141 e. The van der Waals surface area contributed by atoms with Crippen LogP contribution in [-0.2, 0) is 0 Å². The lowest BCUT2D eigenvalue weighted by Gasteiger charge is -2.30. The second-order valence-corrected chi connectivity index (χ2v) is 6.04. The monoisotopic (exact) mass is 356 g/mol. The zero-order valence-electron chi connectivity index (χ0n) is 10.3. The Morgan fingerprint density at radius 3 is 2.80 bits per heavy atom. The summed E-state index contributed by atoms with van der Waals surface area (Å²) in [4.78, 5) is 0. The van der Waals surface area contributed by atoms with Crippen molar-refractivity contribution in [3.05, 3.63) is 62.8 Å². The first-order valence-corrected chi connectivity index (χ1v) is 7.31. The van der Waals surface area contributed by atoms with E-state index in [2.05, 4.69) is 15.9 Å². The van der Waals surface area contributed by atoms with E-state index in [-0.39, 0.29) is 11.1 Å². The van der Waals surface area contributed by atoms with Gasteiger partial charge in [-0.1, -0.05) is 33.6 Å². The zero-order valence-corrected chi connectivity index (χ0v) is 12.7. The fourth-order valence-electron chi connectivity index (χ4n) is 2.33. The van der Waals surface area contributed by atoms with Gasteiger partial charge in [0.1, 0.15) is 17.7 Å². The van der Waals surface area contributed by atoms with Gasteiger partial charge in [-0.05, 0) is 35.9 Å². The summed E-state index contributed by atoms with van der Waals surface area (Å²) in [5.74, 6) is 0.175. The number of hydrogen-bond donors (Lipinski definition) is 1. The second-order valence-electron chi connectivity index (χ2n) is 4.71. The average molecular weight is 358 g/mol. The number of aliphatic hydroxyl groups excluding tert-OH is 1. The summed E-state index contributed by atoms with van der Waals surface area (Å²) >= 11 is 9.16. The van der Waals surface area contributed by atoms with Crippen molar-refractivity contribution in [2.24, 2.45) is 0 Å². The first-order valence-electron chi connectivity index (χ1n) is 6.13. The van der Waals surface area contributed by atoms with E-state index in [0.717, 1.165) is 15.6 Å². The Bertz CT molecular complexity index is 662. The lowest BCUT2D eigenvalue weighted by Crippen LogP contribution is -2.19. The van der Waals surface area contributed by atoms with Crippen LogP contribution >= 0.6 is 27.5 Å². The molecule has 0 fully saturated rings. The predicted molar refractivity (Wildman–Crippen MR) is 78.5 cm³/mol. The normalized spacial score (nSPS) is 21.2. The smallest absolute Gasteiger partial charge is 0.141 e. The second kappa shape index (κ2) is 5.35. The molecule has 0 spiro atoms. The molecule has 1 aliphatic rings. The first-order chi connectivity index (χ1) is 9.54. The highest BCUT2D eigenvalue weighted by atomic mass is 79.9. The number of benzene rings is 2. The molecule has 104 valence electrons. The van der Waals surface area contributed by atoms with Crippen LogP contribution in [0.4, 0.5) is 4.39 Å². The van der Waals surface area contributed by atoms with Crippen LogP contribution in [0.3, 0.4) is 0 Å². The van der Waals surface area contributed by atoms with Crippen LogP contribution in [0, 0.1) is 5.82 Å². The fraction of sp³-hybridized carbons (Fsp3) is 0.200. The summed E-state index contributed by atoms with van der Waals surface area (Å²) < 4.78 is 20.0. The molecule has 0 bridgehead atoms. The SMILES string of the molecule is OC1CC(c2ccc(F)c(Cl)c2)Oc2ccc(Br)cc21. The molecule has 2 aromatic rings. The molecule has 2 unspecified atom stereocenters. The molecule has 0 aliphatic carbocycles. The largest absolute Gasteiger partial charge is 0.485 e. The molecule has 20 heavy (non-hydrogen) atoms. The van der Waals surface area contributed by atoms with Crippen molar-refractivity contribution in [3.8, 4) is 5.75 Å². The van der Waals surface area contributed by atoms with Crippen molar-refractivity contribution in [2.75, 3.05) is 0 Å². The molecule has 1 N–H and O–H groups in total. The van der Waals surface area contributed by atoms with Gasteiger partial charge in [-0.3, -0.25) is 0 Å². The number of aliphatic hydroxyl groups is 1. The van der Waals surface area contributed by atoms with Crippen LogP contribution in [0.1, 0.15) is 29.8 Å². The summed E-state index contributed by atoms with van der Waals surface area (Å²) in [7, 11) is 0. The topological polar surface area (TPSA) is 29.5 Å². The molecule has 0 aromatic heterocycles. The minimum Gasteiger partial charge on any atom is -0.485 e. The Morgan fingerprint density at radius 2 is 2.05 bits per heavy atom. The number of ether oxygens (including phenoxy) is 1. The highest BCUT2D eigenvalue weighted by molar-refractivity contribution is 9.10. The van der Waals surface area contributed by atoms with Crippen molar-refractivity contribution in [3.63, 3.8) is 0 Å². The van der Waals surface area contributed by atoms with E-state index >= 15 is 0 Å². The lowest BCUT2D eigenvalue weighted by atomic mass is 9.95. The maximum atomic E-state index is 13.2. The molecule has 2 atom stereocenters. The van der Waals surface area contributed by atoms with Gasteiger partial charge in [0.2, 0.25) is 0 Å². The van der Waals surface area contributed by atoms with Crippen molar-refractivity contribution in [1.29, 1.82) is 0 Å². The summed E-state index contributed by atoms with van der Waals surface area (Å²) in [6.45, 7) is 0. The van der Waals surface area contributed by atoms with E-state index in [1.807, 2.05) is 12.1 Å². The van der Waals surface area contributed by atoms with E-state index in [9.17, 15) is 9.50 Å². The van der Waals surface area contributed by atoms with Crippen LogP contribution < -0.4 is 4.74 Å². The van der Waals surface area contributed by atoms with Gasteiger partial charge in [-0.15, -0.1) is 0 Å². The van der Waals surface area contributed by atoms with E-state index in [0.29, 0.717) is 12.2 Å². The minimum absolute atomic E-state index is 0.0576. The number of halogens is 3. The third kappa shape index (κ3) is 2.55. The Morgan fingerprint density at radius 1 is 1.25 bits per heavy atom. The van der Waals surface area contributed by atoms with Gasteiger partial charge in [-0.2, -0.15) is 0 Å². The minimum atomic E-state index is -0.620. The molecule has 5 heteroatoms. The van der Waals surface area contributed by atoms with Crippen LogP contribution in [0.5, 0.6) is 5.75 Å². The van der Waals surface area contributed by atoms with Gasteiger partial charge in [0.15, 0.2) is 0 Å². The van der Waals surface area contributed by atoms with Gasteiger partial charge in [-0.25, -0.2) is 4.39 Å². The maximum absolute atomic E-state index is 13.2. The van der Waals surface area contributed by atoms with Crippen LogP contribution in [-0.4, -0.2) is 5.11 Å². The fourth-order valence-corrected chi connectivity index (χ4v) is 2.90. The number of hydrogen-bond acceptors (Lipinski definition) is 2. The molecular weight excluding hydrogens is 347 g/mol. The average Bonchev–Trinajstić information content (AvgIpc) is 2.42. The molecule has 0 amide bonds. The van der Waals surface area contributed by atoms with Gasteiger partial charge in [0, 0.05) is 16.5 Å². The van der Waals surface area contributed by atoms with Crippen molar-refractivity contribution in [1.82, 2.24) is 0 Å². The molecule has 2 aromatic carbocycles. The Hall–Kier alpha value is -1.10. The molecule has 1 heterocycles. The Kier molecular flexibility index (Phi) is 3.71. The van der Waals surface area contributed by atoms with Gasteiger partial charge in [0.25, 0.3) is 0 Å². The lowest BCUT2D eigenvalue weighted by molar-refractivity contribution is 0.0656. The Labute approximate surface area is 129 Å². The first kappa shape index (κ1) is 13.9. The van der Waals surface area contributed by atoms with Crippen molar-refractivity contribution >= 4 is 27.5 Å². The molecule has 2 nitrogen and oxygen atoms in total. The van der Waals surface area contributed by atoms with E-state index in [1.54, 1.807) is 12.1 Å². The summed E-state index contributed by atoms with van der Waals surface area (Å²) in [6, 6.07) is 9.98. The predicted octanol–water partition coefficient (Wildman–Crippen LogP) is 4.80. The molecule has 0 radical (unpaired) electrons. The van der Waals surface area contributed by atoms with Crippen LogP contribution in [0.25, 0.3) is 0 Å². The molecule has 0 saturated carbocycles. The van der Waals surface area contributed by atoms with Gasteiger partial charge in [0.05, 0.1) is 11.1 Å². The summed E-state index contributed by atoms with van der Waals surface area (Å²) in [6.07, 6.45) is -0.548. The molecule has 0 saturated heterocycles. The zero-order chi connectivity index (χ0) is 14.3. The third-order valence-electron chi connectivity index (χ3n) is 3.35. The van der Waals surface area contributed by atoms with Gasteiger partial charge < -0.3 is 9.84 Å². The van der Waals surface area contributed by atoms with Gasteiger partial charge >= 0.3 is 0 Å². The Balaban J connectivity index is 1.94. The van der Waals surface area contributed by atoms with E-state index < -0.39 is 11.9 Å².